The lowest BCUT2D eigenvalue weighted by Crippen LogP contribution is -2.25. The first-order valence-corrected chi connectivity index (χ1v) is 23.1. The molecule has 0 aromatic heterocycles. The predicted molar refractivity (Wildman–Crippen MR) is 229 cm³/mol. The molecule has 0 N–H and O–H groups in total. The van der Waals surface area contributed by atoms with Crippen LogP contribution in [0.25, 0.3) is 0 Å². The Morgan fingerprint density at radius 3 is 0.808 bits per heavy atom. The second kappa shape index (κ2) is 29.9. The molecule has 3 aromatic carbocycles. The quantitative estimate of drug-likeness (QED) is 0.0461. The van der Waals surface area contributed by atoms with E-state index in [4.69, 9.17) is 14.2 Å². The summed E-state index contributed by atoms with van der Waals surface area (Å²) < 4.78 is 19.9. The molecular formula is C48H75O3P. The minimum absolute atomic E-state index is 0.752. The molecule has 52 heavy (non-hydrogen) atoms. The molecule has 0 unspecified atom stereocenters. The van der Waals surface area contributed by atoms with E-state index >= 15 is 0 Å². The average Bonchev–Trinajstić information content (AvgIpc) is 3.17. The fourth-order valence-electron chi connectivity index (χ4n) is 6.94. The number of ether oxygens (including phenoxy) is 3. The number of hydrogen-bond donors (Lipinski definition) is 0. The summed E-state index contributed by atoms with van der Waals surface area (Å²) in [6.45, 7) is 9.12. The van der Waals surface area contributed by atoms with Crippen LogP contribution in [0.5, 0.6) is 17.2 Å². The zero-order valence-corrected chi connectivity index (χ0v) is 34.6. The topological polar surface area (TPSA) is 27.7 Å². The summed E-state index contributed by atoms with van der Waals surface area (Å²) in [6, 6.07) is 26.2. The van der Waals surface area contributed by atoms with Crippen LogP contribution in [0, 0.1) is 0 Å². The van der Waals surface area contributed by atoms with Gasteiger partial charge in [0.15, 0.2) is 0 Å². The van der Waals surface area contributed by atoms with Gasteiger partial charge in [-0.05, 0) is 45.4 Å². The smallest absolute Gasteiger partial charge is 0.127 e. The van der Waals surface area contributed by atoms with Crippen molar-refractivity contribution in [2.24, 2.45) is 0 Å². The lowest BCUT2D eigenvalue weighted by molar-refractivity contribution is 0.305. The highest BCUT2D eigenvalue weighted by atomic mass is 31.1. The summed E-state index contributed by atoms with van der Waals surface area (Å²) in [5.41, 5.74) is 0. The Kier molecular flexibility index (Phi) is 25.2. The van der Waals surface area contributed by atoms with E-state index < -0.39 is 7.92 Å². The van der Waals surface area contributed by atoms with E-state index in [1.54, 1.807) is 0 Å². The molecule has 0 fully saturated rings. The molecule has 0 aliphatic carbocycles. The standard InChI is InChI=1S/C48H75O3P/c1-4-7-10-13-16-19-22-31-40-49-43-34-25-28-37-46(43)52(47-38-29-26-35-44(47)50-41-32-23-20-17-14-11-8-5-2)48-39-30-27-36-45(48)51-42-33-24-21-18-15-12-9-6-3/h25-30,34-39H,4-24,31-33,40-42H2,1-3H3. The third kappa shape index (κ3) is 18.0. The molecule has 3 aromatic rings. The van der Waals surface area contributed by atoms with Gasteiger partial charge in [0.25, 0.3) is 0 Å². The maximum absolute atomic E-state index is 6.64. The van der Waals surface area contributed by atoms with Gasteiger partial charge in [0.1, 0.15) is 17.2 Å². The number of unbranched alkanes of at least 4 members (excludes halogenated alkanes) is 21. The van der Waals surface area contributed by atoms with Crippen molar-refractivity contribution >= 4 is 23.8 Å². The minimum Gasteiger partial charge on any atom is -0.493 e. The fourth-order valence-corrected chi connectivity index (χ4v) is 9.50. The van der Waals surface area contributed by atoms with Gasteiger partial charge in [-0.2, -0.15) is 0 Å². The second-order valence-corrected chi connectivity index (χ2v) is 16.8. The molecule has 0 radical (unpaired) electrons. The molecule has 0 atom stereocenters. The van der Waals surface area contributed by atoms with Crippen LogP contribution in [0.3, 0.4) is 0 Å². The predicted octanol–water partition coefficient (Wildman–Crippen LogP) is 14.0. The fraction of sp³-hybridized carbons (Fsp3) is 0.625. The molecule has 0 aliphatic rings. The molecule has 0 bridgehead atoms. The van der Waals surface area contributed by atoms with E-state index in [0.29, 0.717) is 0 Å². The van der Waals surface area contributed by atoms with Crippen molar-refractivity contribution in [2.45, 2.75) is 175 Å². The van der Waals surface area contributed by atoms with Crippen LogP contribution < -0.4 is 30.1 Å². The summed E-state index contributed by atoms with van der Waals surface area (Å²) in [5, 5.41) is 3.72. The van der Waals surface area contributed by atoms with Crippen molar-refractivity contribution in [1.29, 1.82) is 0 Å². The van der Waals surface area contributed by atoms with E-state index in [1.807, 2.05) is 0 Å². The molecule has 4 heteroatoms. The number of benzene rings is 3. The molecular weight excluding hydrogens is 655 g/mol. The van der Waals surface area contributed by atoms with Crippen LogP contribution in [0.15, 0.2) is 72.8 Å². The first-order valence-electron chi connectivity index (χ1n) is 21.8. The van der Waals surface area contributed by atoms with Crippen LogP contribution in [-0.2, 0) is 0 Å². The first kappa shape index (κ1) is 43.9. The van der Waals surface area contributed by atoms with Gasteiger partial charge >= 0.3 is 0 Å². The Hall–Kier alpha value is -2.51. The van der Waals surface area contributed by atoms with Crippen molar-refractivity contribution < 1.29 is 14.2 Å². The second-order valence-electron chi connectivity index (χ2n) is 14.7. The van der Waals surface area contributed by atoms with Crippen LogP contribution in [-0.4, -0.2) is 19.8 Å². The van der Waals surface area contributed by atoms with E-state index in [0.717, 1.165) is 56.3 Å². The lowest BCUT2D eigenvalue weighted by atomic mass is 10.1. The van der Waals surface area contributed by atoms with E-state index in [2.05, 4.69) is 93.6 Å². The van der Waals surface area contributed by atoms with Crippen LogP contribution in [0.1, 0.15) is 175 Å². The molecule has 3 rings (SSSR count). The van der Waals surface area contributed by atoms with Gasteiger partial charge in [0.2, 0.25) is 0 Å². The minimum atomic E-state index is -0.992. The third-order valence-electron chi connectivity index (χ3n) is 10.1. The number of rotatable bonds is 33. The van der Waals surface area contributed by atoms with E-state index in [9.17, 15) is 0 Å². The van der Waals surface area contributed by atoms with Crippen molar-refractivity contribution in [2.75, 3.05) is 19.8 Å². The Morgan fingerprint density at radius 2 is 0.538 bits per heavy atom. The van der Waals surface area contributed by atoms with Gasteiger partial charge in [-0.3, -0.25) is 0 Å². The van der Waals surface area contributed by atoms with Gasteiger partial charge in [0, 0.05) is 15.9 Å². The van der Waals surface area contributed by atoms with Gasteiger partial charge in [-0.25, -0.2) is 0 Å². The molecule has 0 amide bonds. The summed E-state index contributed by atoms with van der Waals surface area (Å²) >= 11 is 0. The van der Waals surface area contributed by atoms with Crippen LogP contribution >= 0.6 is 7.92 Å². The van der Waals surface area contributed by atoms with Gasteiger partial charge in [-0.15, -0.1) is 0 Å². The van der Waals surface area contributed by atoms with Crippen molar-refractivity contribution in [3.05, 3.63) is 72.8 Å². The normalized spacial score (nSPS) is 11.3. The van der Waals surface area contributed by atoms with Crippen molar-refractivity contribution in [3.63, 3.8) is 0 Å². The zero-order chi connectivity index (χ0) is 36.7. The summed E-state index contributed by atoms with van der Waals surface area (Å²) in [6.07, 6.45) is 31.1. The molecule has 0 saturated heterocycles. The lowest BCUT2D eigenvalue weighted by Gasteiger charge is -2.26. The third-order valence-corrected chi connectivity index (χ3v) is 12.6. The SMILES string of the molecule is CCCCCCCCCCOc1ccccc1P(c1ccccc1OCCCCCCCCCC)c1ccccc1OCCCCCCCCCC. The summed E-state index contributed by atoms with van der Waals surface area (Å²) in [5.74, 6) is 2.98. The average molecular weight is 731 g/mol. The molecule has 0 heterocycles. The number of hydrogen-bond acceptors (Lipinski definition) is 3. The molecule has 290 valence electrons. The van der Waals surface area contributed by atoms with Crippen molar-refractivity contribution in [3.8, 4) is 17.2 Å². The Labute approximate surface area is 321 Å². The van der Waals surface area contributed by atoms with Gasteiger partial charge in [0.05, 0.1) is 19.8 Å². The van der Waals surface area contributed by atoms with Crippen LogP contribution in [0.4, 0.5) is 0 Å². The molecule has 0 spiro atoms. The van der Waals surface area contributed by atoms with Crippen molar-refractivity contribution in [1.82, 2.24) is 0 Å². The molecule has 0 aliphatic heterocycles. The summed E-state index contributed by atoms with van der Waals surface area (Å²) in [7, 11) is -0.992. The van der Waals surface area contributed by atoms with Gasteiger partial charge < -0.3 is 14.2 Å². The Bertz CT molecular complexity index is 1120. The van der Waals surface area contributed by atoms with Crippen LogP contribution in [0.2, 0.25) is 0 Å². The Morgan fingerprint density at radius 1 is 0.308 bits per heavy atom. The monoisotopic (exact) mass is 731 g/mol. The van der Waals surface area contributed by atoms with Gasteiger partial charge in [-0.1, -0.05) is 210 Å². The van der Waals surface area contributed by atoms with E-state index in [1.165, 1.54) is 151 Å². The number of para-hydroxylation sites is 3. The largest absolute Gasteiger partial charge is 0.493 e. The molecule has 0 saturated carbocycles. The Balaban J connectivity index is 1.75. The molecule has 3 nitrogen and oxygen atoms in total. The maximum Gasteiger partial charge on any atom is 0.127 e. The van der Waals surface area contributed by atoms with E-state index in [-0.39, 0.29) is 0 Å². The summed E-state index contributed by atoms with van der Waals surface area (Å²) in [4.78, 5) is 0. The maximum atomic E-state index is 6.64. The zero-order valence-electron chi connectivity index (χ0n) is 33.7. The first-order chi connectivity index (χ1) is 25.8. The highest BCUT2D eigenvalue weighted by molar-refractivity contribution is 7.80. The highest BCUT2D eigenvalue weighted by Gasteiger charge is 2.26. The highest BCUT2D eigenvalue weighted by Crippen LogP contribution is 2.42.